The van der Waals surface area contributed by atoms with Crippen LogP contribution in [0.3, 0.4) is 0 Å². The van der Waals surface area contributed by atoms with Gasteiger partial charge in [-0.15, -0.1) is 0 Å². The molecule has 1 aromatic carbocycles. The number of ether oxygens (including phenoxy) is 1. The Morgan fingerprint density at radius 3 is 2.64 bits per heavy atom. The number of rotatable bonds is 5. The number of anilines is 2. The van der Waals surface area contributed by atoms with Crippen LogP contribution in [0, 0.1) is 0 Å². The second-order valence-electron chi connectivity index (χ2n) is 8.82. The van der Waals surface area contributed by atoms with Gasteiger partial charge in [0.15, 0.2) is 0 Å². The zero-order valence-electron chi connectivity index (χ0n) is 19.8. The predicted octanol–water partition coefficient (Wildman–Crippen LogP) is 5.44. The lowest BCUT2D eigenvalue weighted by Gasteiger charge is -2.30. The Bertz CT molecular complexity index is 1270. The summed E-state index contributed by atoms with van der Waals surface area (Å²) < 4.78 is 75.4. The van der Waals surface area contributed by atoms with E-state index in [1.165, 1.54) is 18.3 Å². The molecule has 0 radical (unpaired) electrons. The molecule has 0 aliphatic carbocycles. The first-order chi connectivity index (χ1) is 16.9. The number of likely N-dealkylation sites (N-methyl/N-ethyl adjacent to an activating group) is 1. The van der Waals surface area contributed by atoms with Gasteiger partial charge in [-0.1, -0.05) is 6.07 Å². The number of methoxy groups -OCH3 is 1. The molecule has 1 aliphatic rings. The van der Waals surface area contributed by atoms with E-state index in [1.54, 1.807) is 0 Å². The summed E-state index contributed by atoms with van der Waals surface area (Å²) in [4.78, 5) is 24.5. The van der Waals surface area contributed by atoms with Gasteiger partial charge in [0, 0.05) is 42.9 Å². The van der Waals surface area contributed by atoms with Crippen LogP contribution in [0.2, 0.25) is 0 Å². The third-order valence-corrected chi connectivity index (χ3v) is 6.02. The minimum absolute atomic E-state index is 0.0117. The van der Waals surface area contributed by atoms with Gasteiger partial charge >= 0.3 is 12.3 Å². The molecule has 3 heterocycles. The van der Waals surface area contributed by atoms with Crippen molar-refractivity contribution in [3.05, 3.63) is 35.7 Å². The van der Waals surface area contributed by atoms with Crippen LogP contribution in [0.15, 0.2) is 24.5 Å². The number of piperidine rings is 1. The molecule has 0 spiro atoms. The van der Waals surface area contributed by atoms with Crippen molar-refractivity contribution in [1.82, 2.24) is 19.9 Å². The van der Waals surface area contributed by atoms with Gasteiger partial charge in [-0.2, -0.15) is 13.2 Å². The second-order valence-corrected chi connectivity index (χ2v) is 8.82. The SMILES string of the molecule is COC(=O)Nc1ccc2c(-c3nc(N[C@H]4CCCN(C)C4)ncc3C(F)(F)F)c[nH]c2c1C(C)(F)F. The molecule has 194 valence electrons. The maximum atomic E-state index is 14.6. The predicted molar refractivity (Wildman–Crippen MR) is 124 cm³/mol. The van der Waals surface area contributed by atoms with Crippen LogP contribution in [-0.4, -0.2) is 59.2 Å². The monoisotopic (exact) mass is 512 g/mol. The Hall–Kier alpha value is -3.48. The number of aromatic nitrogens is 3. The van der Waals surface area contributed by atoms with Gasteiger partial charge in [0.25, 0.3) is 5.92 Å². The van der Waals surface area contributed by atoms with Gasteiger partial charge in [-0.05, 0) is 32.5 Å². The third kappa shape index (κ3) is 5.20. The van der Waals surface area contributed by atoms with E-state index >= 15 is 0 Å². The first-order valence-corrected chi connectivity index (χ1v) is 11.2. The average molecular weight is 512 g/mol. The number of hydrogen-bond donors (Lipinski definition) is 3. The van der Waals surface area contributed by atoms with Crippen molar-refractivity contribution < 1.29 is 31.5 Å². The van der Waals surface area contributed by atoms with Crippen LogP contribution in [0.4, 0.5) is 38.4 Å². The highest BCUT2D eigenvalue weighted by Crippen LogP contribution is 2.43. The molecule has 2 aromatic heterocycles. The molecule has 0 bridgehead atoms. The molecule has 0 saturated carbocycles. The van der Waals surface area contributed by atoms with Gasteiger partial charge in [0.2, 0.25) is 5.95 Å². The molecule has 1 fully saturated rings. The normalized spacial score (nSPS) is 17.3. The summed E-state index contributed by atoms with van der Waals surface area (Å²) in [6.07, 6.45) is -2.14. The average Bonchev–Trinajstić information content (AvgIpc) is 3.21. The maximum absolute atomic E-state index is 14.6. The van der Waals surface area contributed by atoms with Crippen LogP contribution in [0.1, 0.15) is 30.9 Å². The minimum atomic E-state index is -4.79. The van der Waals surface area contributed by atoms with Gasteiger partial charge in [0.05, 0.1) is 29.6 Å². The molecule has 0 unspecified atom stereocenters. The van der Waals surface area contributed by atoms with Gasteiger partial charge < -0.3 is 19.9 Å². The summed E-state index contributed by atoms with van der Waals surface area (Å²) in [5, 5.41) is 5.39. The number of hydrogen-bond acceptors (Lipinski definition) is 6. The first-order valence-electron chi connectivity index (χ1n) is 11.2. The fraction of sp³-hybridized carbons (Fsp3) is 0.435. The summed E-state index contributed by atoms with van der Waals surface area (Å²) in [6, 6.07) is 2.48. The highest BCUT2D eigenvalue weighted by molar-refractivity contribution is 6.01. The van der Waals surface area contributed by atoms with E-state index in [0.717, 1.165) is 26.5 Å². The fourth-order valence-corrected chi connectivity index (χ4v) is 4.45. The maximum Gasteiger partial charge on any atom is 0.419 e. The number of likely N-dealkylation sites (tertiary alicyclic amines) is 1. The Morgan fingerprint density at radius 1 is 1.25 bits per heavy atom. The van der Waals surface area contributed by atoms with Crippen molar-refractivity contribution in [1.29, 1.82) is 0 Å². The van der Waals surface area contributed by atoms with Crippen LogP contribution >= 0.6 is 0 Å². The number of carbonyl (C=O) groups is 1. The van der Waals surface area contributed by atoms with E-state index in [-0.39, 0.29) is 34.1 Å². The third-order valence-electron chi connectivity index (χ3n) is 6.02. The Morgan fingerprint density at radius 2 is 2.00 bits per heavy atom. The molecular weight excluding hydrogens is 487 g/mol. The Labute approximate surface area is 203 Å². The number of fused-ring (bicyclic) bond motifs is 1. The number of halogens is 5. The molecule has 1 aliphatic heterocycles. The van der Waals surface area contributed by atoms with Crippen molar-refractivity contribution >= 4 is 28.6 Å². The quantitative estimate of drug-likeness (QED) is 0.394. The summed E-state index contributed by atoms with van der Waals surface area (Å²) in [5.74, 6) is -3.44. The van der Waals surface area contributed by atoms with Crippen LogP contribution < -0.4 is 10.6 Å². The number of carbonyl (C=O) groups excluding carboxylic acids is 1. The number of nitrogens with one attached hydrogen (secondary N) is 3. The zero-order valence-corrected chi connectivity index (χ0v) is 19.8. The number of alkyl halides is 5. The van der Waals surface area contributed by atoms with E-state index < -0.39 is 35.0 Å². The van der Waals surface area contributed by atoms with E-state index in [2.05, 4.69) is 35.2 Å². The van der Waals surface area contributed by atoms with Crippen molar-refractivity contribution in [2.45, 2.75) is 37.9 Å². The number of aromatic amines is 1. The lowest BCUT2D eigenvalue weighted by atomic mass is 9.99. The smallest absolute Gasteiger partial charge is 0.419 e. The highest BCUT2D eigenvalue weighted by atomic mass is 19.4. The number of nitrogens with zero attached hydrogens (tertiary/aromatic N) is 3. The molecule has 1 saturated heterocycles. The van der Waals surface area contributed by atoms with Crippen LogP contribution in [-0.2, 0) is 16.8 Å². The number of amides is 1. The topological polar surface area (TPSA) is 95.2 Å². The molecule has 36 heavy (non-hydrogen) atoms. The summed E-state index contributed by atoms with van der Waals surface area (Å²) in [5.41, 5.74) is -2.55. The van der Waals surface area contributed by atoms with Crippen molar-refractivity contribution in [3.63, 3.8) is 0 Å². The minimum Gasteiger partial charge on any atom is -0.453 e. The molecule has 3 aromatic rings. The van der Waals surface area contributed by atoms with Gasteiger partial charge in [-0.25, -0.2) is 23.5 Å². The zero-order chi connectivity index (χ0) is 26.3. The standard InChI is InChI=1S/C23H25F5N6O2/c1-22(24,25)17-16(32-21(35)36-3)7-6-13-14(9-29-19(13)17)18-15(23(26,27)28)10-30-20(33-18)31-12-5-4-8-34(2)11-12/h6-7,9-10,12,29H,4-5,8,11H2,1-3H3,(H,32,35)(H,30,31,33)/t12-/m0/s1. The van der Waals surface area contributed by atoms with E-state index in [1.807, 2.05) is 7.05 Å². The molecule has 1 amide bonds. The first kappa shape index (κ1) is 25.6. The Balaban J connectivity index is 1.84. The molecule has 8 nitrogen and oxygen atoms in total. The molecule has 4 rings (SSSR count). The van der Waals surface area contributed by atoms with Crippen LogP contribution in [0.5, 0.6) is 0 Å². The van der Waals surface area contributed by atoms with Crippen molar-refractivity contribution in [2.75, 3.05) is 37.9 Å². The molecule has 13 heteroatoms. The second kappa shape index (κ2) is 9.52. The lowest BCUT2D eigenvalue weighted by molar-refractivity contribution is -0.137. The summed E-state index contributed by atoms with van der Waals surface area (Å²) >= 11 is 0. The van der Waals surface area contributed by atoms with E-state index in [4.69, 9.17) is 0 Å². The van der Waals surface area contributed by atoms with Crippen LogP contribution in [0.25, 0.3) is 22.2 Å². The summed E-state index contributed by atoms with van der Waals surface area (Å²) in [7, 11) is 3.03. The van der Waals surface area contributed by atoms with E-state index in [0.29, 0.717) is 19.7 Å². The lowest BCUT2D eigenvalue weighted by Crippen LogP contribution is -2.40. The largest absolute Gasteiger partial charge is 0.453 e. The molecule has 3 N–H and O–H groups in total. The van der Waals surface area contributed by atoms with Crippen molar-refractivity contribution in [3.8, 4) is 11.3 Å². The van der Waals surface area contributed by atoms with Crippen molar-refractivity contribution in [2.24, 2.45) is 0 Å². The fourth-order valence-electron chi connectivity index (χ4n) is 4.45. The number of benzene rings is 1. The van der Waals surface area contributed by atoms with Gasteiger partial charge in [-0.3, -0.25) is 5.32 Å². The molecule has 1 atom stereocenters. The van der Waals surface area contributed by atoms with E-state index in [9.17, 15) is 26.7 Å². The number of H-pyrrole nitrogens is 1. The molecular formula is C23H25F5N6O2. The summed E-state index contributed by atoms with van der Waals surface area (Å²) in [6.45, 7) is 2.22. The highest BCUT2D eigenvalue weighted by Gasteiger charge is 2.37. The van der Waals surface area contributed by atoms with Gasteiger partial charge in [0.1, 0.15) is 5.56 Å². The Kier molecular flexibility index (Phi) is 6.78.